The number of hydrogen-bond acceptors (Lipinski definition) is 5. The summed E-state index contributed by atoms with van der Waals surface area (Å²) >= 11 is 0. The summed E-state index contributed by atoms with van der Waals surface area (Å²) in [5.41, 5.74) is -2.01. The van der Waals surface area contributed by atoms with Gasteiger partial charge in [-0.1, -0.05) is 13.8 Å². The lowest BCUT2D eigenvalue weighted by molar-refractivity contribution is -0.121. The van der Waals surface area contributed by atoms with Crippen LogP contribution in [0, 0.1) is 5.92 Å². The third kappa shape index (κ3) is 4.49. The predicted octanol–water partition coefficient (Wildman–Crippen LogP) is -0.764. The highest BCUT2D eigenvalue weighted by Crippen LogP contribution is 2.07. The Hall–Kier alpha value is -1.61. The predicted molar refractivity (Wildman–Crippen MR) is 72.2 cm³/mol. The first kappa shape index (κ1) is 16.4. The molecule has 0 unspecified atom stereocenters. The summed E-state index contributed by atoms with van der Waals surface area (Å²) in [6.07, 6.45) is 0.748. The molecule has 1 aromatic heterocycles. The van der Waals surface area contributed by atoms with E-state index in [2.05, 4.69) is 5.32 Å². The van der Waals surface area contributed by atoms with E-state index in [-0.39, 0.29) is 5.92 Å². The Balaban J connectivity index is 3.05. The molecule has 0 fully saturated rings. The van der Waals surface area contributed by atoms with Gasteiger partial charge in [-0.25, -0.2) is 13.2 Å². The first-order valence-corrected chi connectivity index (χ1v) is 7.97. The molecule has 0 aliphatic heterocycles. The van der Waals surface area contributed by atoms with Gasteiger partial charge in [0.1, 0.15) is 6.54 Å². The molecule has 0 saturated heterocycles. The fraction of sp³-hybridized carbons (Fsp3) is 0.500. The second-order valence-corrected chi connectivity index (χ2v) is 7.05. The zero-order valence-corrected chi connectivity index (χ0v) is 12.4. The van der Waals surface area contributed by atoms with Gasteiger partial charge in [-0.2, -0.15) is 0 Å². The van der Waals surface area contributed by atoms with Crippen LogP contribution in [-0.2, 0) is 20.4 Å². The van der Waals surface area contributed by atoms with Crippen LogP contribution in [0.4, 0.5) is 0 Å². The molecule has 0 saturated carbocycles. The first-order chi connectivity index (χ1) is 9.11. The number of carbonyl (C=O) groups excluding carboxylic acids is 1. The Morgan fingerprint density at radius 3 is 2.55 bits per heavy atom. The highest BCUT2D eigenvalue weighted by molar-refractivity contribution is 8.13. The minimum absolute atomic E-state index is 0.227. The van der Waals surface area contributed by atoms with E-state index in [1.54, 1.807) is 4.98 Å². The largest absolute Gasteiger partial charge is 0.354 e. The second kappa shape index (κ2) is 6.23. The third-order valence-electron chi connectivity index (χ3n) is 2.26. The highest BCUT2D eigenvalue weighted by Gasteiger charge is 2.18. The number of carbonyl (C=O) groups is 1. The number of amides is 1. The van der Waals surface area contributed by atoms with Crippen molar-refractivity contribution >= 4 is 25.6 Å². The first-order valence-electron chi connectivity index (χ1n) is 5.66. The van der Waals surface area contributed by atoms with Gasteiger partial charge in [0.25, 0.3) is 14.6 Å². The number of nitrogens with one attached hydrogen (secondary N) is 2. The van der Waals surface area contributed by atoms with Gasteiger partial charge in [-0.05, 0) is 5.92 Å². The number of nitrogens with zero attached hydrogens (tertiary/aromatic N) is 1. The quantitative estimate of drug-likeness (QED) is 0.690. The Bertz CT molecular complexity index is 719. The van der Waals surface area contributed by atoms with Gasteiger partial charge >= 0.3 is 5.69 Å². The van der Waals surface area contributed by atoms with Gasteiger partial charge in [0.05, 0.1) is 0 Å². The summed E-state index contributed by atoms with van der Waals surface area (Å²) < 4.78 is 23.1. The molecule has 1 aromatic rings. The van der Waals surface area contributed by atoms with Crippen molar-refractivity contribution in [2.24, 2.45) is 5.92 Å². The molecule has 0 aromatic carbocycles. The van der Waals surface area contributed by atoms with E-state index >= 15 is 0 Å². The van der Waals surface area contributed by atoms with Crippen molar-refractivity contribution in [2.45, 2.75) is 25.3 Å². The fourth-order valence-corrected chi connectivity index (χ4v) is 2.16. The fourth-order valence-electron chi connectivity index (χ4n) is 1.31. The van der Waals surface area contributed by atoms with Gasteiger partial charge in [0, 0.05) is 23.4 Å². The number of aromatic amines is 1. The van der Waals surface area contributed by atoms with E-state index in [0.29, 0.717) is 6.54 Å². The molecule has 1 amide bonds. The molecule has 1 heterocycles. The molecule has 0 aliphatic carbocycles. The minimum Gasteiger partial charge on any atom is -0.354 e. The lowest BCUT2D eigenvalue weighted by atomic mass is 10.2. The zero-order valence-electron chi connectivity index (χ0n) is 10.8. The SMILES string of the molecule is CC(C)CNC(=O)Cn1cc(S(=O)(=O)Cl)c(=O)[nH]c1=O. The number of rotatable bonds is 5. The van der Waals surface area contributed by atoms with Crippen LogP contribution in [0.5, 0.6) is 0 Å². The van der Waals surface area contributed by atoms with Crippen LogP contribution in [-0.4, -0.2) is 30.4 Å². The summed E-state index contributed by atoms with van der Waals surface area (Å²) in [4.78, 5) is 35.4. The summed E-state index contributed by atoms with van der Waals surface area (Å²) in [6, 6.07) is 0. The molecule has 2 N–H and O–H groups in total. The van der Waals surface area contributed by atoms with Crippen LogP contribution in [0.25, 0.3) is 0 Å². The summed E-state index contributed by atoms with van der Waals surface area (Å²) in [5, 5.41) is 2.56. The van der Waals surface area contributed by atoms with Crippen LogP contribution < -0.4 is 16.6 Å². The molecule has 1 rings (SSSR count). The van der Waals surface area contributed by atoms with Crippen LogP contribution in [0.2, 0.25) is 0 Å². The molecule has 0 bridgehead atoms. The Labute approximate surface area is 119 Å². The molecular formula is C10H14ClN3O5S. The maximum absolute atomic E-state index is 11.6. The topological polar surface area (TPSA) is 118 Å². The van der Waals surface area contributed by atoms with Crippen molar-refractivity contribution in [3.8, 4) is 0 Å². The van der Waals surface area contributed by atoms with Gasteiger partial charge in [-0.15, -0.1) is 0 Å². The second-order valence-electron chi connectivity index (χ2n) is 4.52. The number of halogens is 1. The Morgan fingerprint density at radius 1 is 1.45 bits per heavy atom. The lowest BCUT2D eigenvalue weighted by Crippen LogP contribution is -2.38. The van der Waals surface area contributed by atoms with E-state index < -0.39 is 37.6 Å². The maximum Gasteiger partial charge on any atom is 0.328 e. The normalized spacial score (nSPS) is 11.6. The molecule has 112 valence electrons. The van der Waals surface area contributed by atoms with Gasteiger partial charge < -0.3 is 5.32 Å². The van der Waals surface area contributed by atoms with Crippen LogP contribution >= 0.6 is 10.7 Å². The maximum atomic E-state index is 11.6. The molecule has 20 heavy (non-hydrogen) atoms. The molecule has 10 heteroatoms. The van der Waals surface area contributed by atoms with Crippen molar-refractivity contribution in [3.05, 3.63) is 27.0 Å². The average molecular weight is 324 g/mol. The van der Waals surface area contributed by atoms with Crippen LogP contribution in [0.15, 0.2) is 20.7 Å². The standard InChI is InChI=1S/C10H14ClN3O5S/c1-6(2)3-12-8(15)5-14-4-7(20(11,18)19)9(16)13-10(14)17/h4,6H,3,5H2,1-2H3,(H,12,15)(H,13,16,17). The summed E-state index contributed by atoms with van der Waals surface area (Å²) in [7, 11) is 0.766. The van der Waals surface area contributed by atoms with E-state index in [9.17, 15) is 22.8 Å². The molecular weight excluding hydrogens is 310 g/mol. The van der Waals surface area contributed by atoms with E-state index in [1.807, 2.05) is 13.8 Å². The summed E-state index contributed by atoms with van der Waals surface area (Å²) in [5.74, 6) is -0.254. The molecule has 8 nitrogen and oxygen atoms in total. The van der Waals surface area contributed by atoms with Crippen molar-refractivity contribution in [2.75, 3.05) is 6.54 Å². The van der Waals surface area contributed by atoms with Crippen molar-refractivity contribution < 1.29 is 13.2 Å². The number of aromatic nitrogens is 2. The van der Waals surface area contributed by atoms with E-state index in [1.165, 1.54) is 0 Å². The van der Waals surface area contributed by atoms with E-state index in [4.69, 9.17) is 10.7 Å². The number of H-pyrrole nitrogens is 1. The van der Waals surface area contributed by atoms with Crippen LogP contribution in [0.3, 0.4) is 0 Å². The molecule has 0 aliphatic rings. The van der Waals surface area contributed by atoms with Gasteiger partial charge in [0.15, 0.2) is 4.90 Å². The minimum atomic E-state index is -4.30. The Morgan fingerprint density at radius 2 is 2.05 bits per heavy atom. The van der Waals surface area contributed by atoms with Crippen molar-refractivity contribution in [1.82, 2.24) is 14.9 Å². The monoisotopic (exact) mass is 323 g/mol. The molecule has 0 radical (unpaired) electrons. The van der Waals surface area contributed by atoms with Crippen molar-refractivity contribution in [3.63, 3.8) is 0 Å². The highest BCUT2D eigenvalue weighted by atomic mass is 35.7. The van der Waals surface area contributed by atoms with Gasteiger partial charge in [0.2, 0.25) is 5.91 Å². The summed E-state index contributed by atoms with van der Waals surface area (Å²) in [6.45, 7) is 3.79. The molecule has 0 spiro atoms. The van der Waals surface area contributed by atoms with Gasteiger partial charge in [-0.3, -0.25) is 19.1 Å². The Kier molecular flexibility index (Phi) is 5.12. The number of hydrogen-bond donors (Lipinski definition) is 2. The van der Waals surface area contributed by atoms with Crippen LogP contribution in [0.1, 0.15) is 13.8 Å². The smallest absolute Gasteiger partial charge is 0.328 e. The average Bonchev–Trinajstić information content (AvgIpc) is 2.28. The molecule has 0 atom stereocenters. The van der Waals surface area contributed by atoms with E-state index in [0.717, 1.165) is 10.8 Å². The zero-order chi connectivity index (χ0) is 15.5. The third-order valence-corrected chi connectivity index (χ3v) is 3.58. The lowest BCUT2D eigenvalue weighted by Gasteiger charge is -2.09. The van der Waals surface area contributed by atoms with Crippen molar-refractivity contribution in [1.29, 1.82) is 0 Å².